The van der Waals surface area contributed by atoms with Crippen LogP contribution in [0.5, 0.6) is 0 Å². The summed E-state index contributed by atoms with van der Waals surface area (Å²) < 4.78 is 0. The van der Waals surface area contributed by atoms with Crippen LogP contribution in [-0.4, -0.2) is 12.5 Å². The summed E-state index contributed by atoms with van der Waals surface area (Å²) in [4.78, 5) is 11.3. The van der Waals surface area contributed by atoms with Gasteiger partial charge >= 0.3 is 0 Å². The van der Waals surface area contributed by atoms with E-state index in [0.29, 0.717) is 12.1 Å². The van der Waals surface area contributed by atoms with Crippen molar-refractivity contribution in [3.8, 4) is 0 Å². The highest BCUT2D eigenvalue weighted by Gasteiger charge is 2.01. The Morgan fingerprint density at radius 2 is 2.08 bits per heavy atom. The molecule has 13 heavy (non-hydrogen) atoms. The Labute approximate surface area is 79.3 Å². The summed E-state index contributed by atoms with van der Waals surface area (Å²) >= 11 is 0. The summed E-state index contributed by atoms with van der Waals surface area (Å²) in [6.45, 7) is 9.56. The molecule has 70 valence electrons. The lowest BCUT2D eigenvalue weighted by atomic mass is 10.2. The van der Waals surface area contributed by atoms with E-state index in [1.807, 2.05) is 6.92 Å². The highest BCUT2D eigenvalue weighted by Crippen LogP contribution is 1.97. The third-order valence-electron chi connectivity index (χ3n) is 1.31. The van der Waals surface area contributed by atoms with Crippen LogP contribution in [0.1, 0.15) is 6.92 Å². The average molecular weight is 177 g/mol. The zero-order valence-electron chi connectivity index (χ0n) is 7.92. The molecule has 1 N–H and O–H groups in total. The van der Waals surface area contributed by atoms with Crippen LogP contribution < -0.4 is 5.32 Å². The zero-order chi connectivity index (χ0) is 10.1. The number of hydrogen-bond acceptors (Lipinski definition) is 1. The molecular formula is C11H15NO. The second-order valence-corrected chi connectivity index (χ2v) is 2.31. The molecule has 0 heterocycles. The lowest BCUT2D eigenvalue weighted by Gasteiger charge is -2.00. The van der Waals surface area contributed by atoms with Gasteiger partial charge in [0.05, 0.1) is 0 Å². The quantitative estimate of drug-likeness (QED) is 0.505. The maximum Gasteiger partial charge on any atom is 0.251 e. The van der Waals surface area contributed by atoms with Gasteiger partial charge in [0.2, 0.25) is 0 Å². The van der Waals surface area contributed by atoms with Gasteiger partial charge in [-0.3, -0.25) is 4.79 Å². The van der Waals surface area contributed by atoms with E-state index >= 15 is 0 Å². The second kappa shape index (κ2) is 7.10. The van der Waals surface area contributed by atoms with Crippen LogP contribution in [0.2, 0.25) is 0 Å². The molecule has 0 spiro atoms. The number of hydrogen-bond donors (Lipinski definition) is 1. The summed E-state index contributed by atoms with van der Waals surface area (Å²) in [5.74, 6) is -0.0968. The highest BCUT2D eigenvalue weighted by atomic mass is 16.1. The fraction of sp³-hybridized carbons (Fsp3) is 0.182. The minimum atomic E-state index is -0.0968. The monoisotopic (exact) mass is 177 g/mol. The van der Waals surface area contributed by atoms with Gasteiger partial charge in [-0.1, -0.05) is 37.5 Å². The lowest BCUT2D eigenvalue weighted by molar-refractivity contribution is -0.117. The molecule has 0 fully saturated rings. The Morgan fingerprint density at radius 1 is 1.38 bits per heavy atom. The third-order valence-corrected chi connectivity index (χ3v) is 1.31. The van der Waals surface area contributed by atoms with Crippen LogP contribution >= 0.6 is 0 Å². The molecule has 0 aromatic carbocycles. The number of carbonyl (C=O) groups excluding carboxylic acids is 1. The molecule has 0 atom stereocenters. The van der Waals surface area contributed by atoms with Crippen molar-refractivity contribution in [1.29, 1.82) is 0 Å². The minimum absolute atomic E-state index is 0.0968. The van der Waals surface area contributed by atoms with Crippen molar-refractivity contribution in [2.45, 2.75) is 6.92 Å². The standard InChI is InChI=1S/C11H15NO/c1-4-7-9-10(8-5-2)11(13)12-6-3/h4-5,7-9H,1-2,6H2,3H3,(H,12,13)/b9-7-,10-8+. The fourth-order valence-electron chi connectivity index (χ4n) is 0.768. The summed E-state index contributed by atoms with van der Waals surface area (Å²) in [6.07, 6.45) is 8.27. The molecule has 2 heteroatoms. The van der Waals surface area contributed by atoms with E-state index in [0.717, 1.165) is 0 Å². The Bertz CT molecular complexity index is 249. The lowest BCUT2D eigenvalue weighted by Crippen LogP contribution is -2.23. The number of likely N-dealkylation sites (N-methyl/N-ethyl adjacent to an activating group) is 1. The largest absolute Gasteiger partial charge is 0.352 e. The van der Waals surface area contributed by atoms with Gasteiger partial charge in [-0.15, -0.1) is 0 Å². The predicted octanol–water partition coefficient (Wildman–Crippen LogP) is 1.98. The fourth-order valence-corrected chi connectivity index (χ4v) is 0.768. The van der Waals surface area contributed by atoms with Gasteiger partial charge in [0.1, 0.15) is 0 Å². The maximum absolute atomic E-state index is 11.3. The van der Waals surface area contributed by atoms with E-state index in [4.69, 9.17) is 0 Å². The van der Waals surface area contributed by atoms with Crippen LogP contribution in [0.4, 0.5) is 0 Å². The van der Waals surface area contributed by atoms with Crippen molar-refractivity contribution in [3.63, 3.8) is 0 Å². The Kier molecular flexibility index (Phi) is 6.24. The van der Waals surface area contributed by atoms with Crippen molar-refractivity contribution in [2.24, 2.45) is 0 Å². The van der Waals surface area contributed by atoms with Gasteiger partial charge in [0, 0.05) is 12.1 Å². The number of rotatable bonds is 5. The number of nitrogens with one attached hydrogen (secondary N) is 1. The first kappa shape index (κ1) is 11.4. The van der Waals surface area contributed by atoms with Gasteiger partial charge in [-0.25, -0.2) is 0 Å². The van der Waals surface area contributed by atoms with Gasteiger partial charge in [0.15, 0.2) is 0 Å². The van der Waals surface area contributed by atoms with E-state index in [1.165, 1.54) is 0 Å². The second-order valence-electron chi connectivity index (χ2n) is 2.31. The van der Waals surface area contributed by atoms with E-state index in [1.54, 1.807) is 30.4 Å². The molecule has 0 saturated carbocycles. The van der Waals surface area contributed by atoms with Gasteiger partial charge in [-0.2, -0.15) is 0 Å². The summed E-state index contributed by atoms with van der Waals surface area (Å²) in [5.41, 5.74) is 0.580. The summed E-state index contributed by atoms with van der Waals surface area (Å²) in [6, 6.07) is 0. The summed E-state index contributed by atoms with van der Waals surface area (Å²) in [7, 11) is 0. The first-order valence-electron chi connectivity index (χ1n) is 4.16. The number of amides is 1. The zero-order valence-corrected chi connectivity index (χ0v) is 7.92. The molecule has 1 amide bonds. The van der Waals surface area contributed by atoms with E-state index < -0.39 is 0 Å². The van der Waals surface area contributed by atoms with Crippen molar-refractivity contribution in [2.75, 3.05) is 6.54 Å². The first-order valence-corrected chi connectivity index (χ1v) is 4.16. The molecule has 0 aliphatic carbocycles. The molecule has 0 aliphatic heterocycles. The van der Waals surface area contributed by atoms with Crippen molar-refractivity contribution in [1.82, 2.24) is 5.32 Å². The number of allylic oxidation sites excluding steroid dienone is 4. The Morgan fingerprint density at radius 3 is 2.54 bits per heavy atom. The molecule has 0 aliphatic rings. The molecule has 0 aromatic rings. The smallest absolute Gasteiger partial charge is 0.251 e. The van der Waals surface area contributed by atoms with Gasteiger partial charge in [-0.05, 0) is 13.0 Å². The molecular weight excluding hydrogens is 162 g/mol. The van der Waals surface area contributed by atoms with Crippen LogP contribution in [-0.2, 0) is 4.79 Å². The van der Waals surface area contributed by atoms with Crippen LogP contribution in [0.25, 0.3) is 0 Å². The topological polar surface area (TPSA) is 29.1 Å². The molecule has 0 rings (SSSR count). The minimum Gasteiger partial charge on any atom is -0.352 e. The molecule has 0 saturated heterocycles. The average Bonchev–Trinajstić information content (AvgIpc) is 2.12. The van der Waals surface area contributed by atoms with Crippen molar-refractivity contribution >= 4 is 5.91 Å². The molecule has 2 nitrogen and oxygen atoms in total. The Balaban J connectivity index is 4.50. The Hall–Kier alpha value is -1.57. The van der Waals surface area contributed by atoms with Crippen LogP contribution in [0.15, 0.2) is 49.1 Å². The van der Waals surface area contributed by atoms with Crippen LogP contribution in [0.3, 0.4) is 0 Å². The predicted molar refractivity (Wildman–Crippen MR) is 56.3 cm³/mol. The van der Waals surface area contributed by atoms with Gasteiger partial charge in [0.25, 0.3) is 5.91 Å². The maximum atomic E-state index is 11.3. The van der Waals surface area contributed by atoms with Gasteiger partial charge < -0.3 is 5.32 Å². The normalized spacial score (nSPS) is 11.3. The highest BCUT2D eigenvalue weighted by molar-refractivity contribution is 5.96. The molecule has 0 bridgehead atoms. The van der Waals surface area contributed by atoms with Crippen LogP contribution in [0, 0.1) is 0 Å². The van der Waals surface area contributed by atoms with E-state index in [-0.39, 0.29) is 5.91 Å². The van der Waals surface area contributed by atoms with E-state index in [2.05, 4.69) is 18.5 Å². The molecule has 0 radical (unpaired) electrons. The number of carbonyl (C=O) groups is 1. The molecule has 0 unspecified atom stereocenters. The van der Waals surface area contributed by atoms with Crippen molar-refractivity contribution in [3.05, 3.63) is 49.1 Å². The summed E-state index contributed by atoms with van der Waals surface area (Å²) in [5, 5.41) is 2.70. The SMILES string of the molecule is C=C/C=C\C(=C/C=C)C(=O)NCC. The molecule has 0 aromatic heterocycles. The first-order chi connectivity index (χ1) is 6.26. The van der Waals surface area contributed by atoms with E-state index in [9.17, 15) is 4.79 Å². The van der Waals surface area contributed by atoms with Crippen molar-refractivity contribution < 1.29 is 4.79 Å². The third kappa shape index (κ3) is 4.80.